The zero-order chi connectivity index (χ0) is 7.07. The van der Waals surface area contributed by atoms with Crippen molar-refractivity contribution >= 4 is 9.84 Å². The molecule has 0 bridgehead atoms. The van der Waals surface area contributed by atoms with Crippen LogP contribution in [0.15, 0.2) is 12.2 Å². The lowest BCUT2D eigenvalue weighted by molar-refractivity contribution is 0.594. The van der Waals surface area contributed by atoms with Crippen molar-refractivity contribution < 1.29 is 8.42 Å². The molecule has 0 spiro atoms. The molecule has 1 heterocycles. The van der Waals surface area contributed by atoms with Gasteiger partial charge >= 0.3 is 0 Å². The molecule has 0 saturated carbocycles. The molecule has 2 nitrogen and oxygen atoms in total. The second kappa shape index (κ2) is 1.84. The van der Waals surface area contributed by atoms with Gasteiger partial charge in [0.25, 0.3) is 0 Å². The summed E-state index contributed by atoms with van der Waals surface area (Å²) in [6, 6.07) is 0. The molecule has 2 atom stereocenters. The largest absolute Gasteiger partial charge is 0.228 e. The Labute approximate surface area is 55.5 Å². The van der Waals surface area contributed by atoms with E-state index in [1.54, 1.807) is 0 Å². The number of sulfone groups is 1. The van der Waals surface area contributed by atoms with E-state index in [1.165, 1.54) is 12.2 Å². The van der Waals surface area contributed by atoms with Gasteiger partial charge in [0.05, 0.1) is 10.5 Å². The highest BCUT2D eigenvalue weighted by Gasteiger charge is 2.29. The van der Waals surface area contributed by atoms with E-state index in [0.717, 1.165) is 0 Å². The van der Waals surface area contributed by atoms with Crippen LogP contribution in [0.5, 0.6) is 0 Å². The monoisotopic (exact) mass is 142 g/mol. The fraction of sp³-hybridized carbons (Fsp3) is 0.333. The summed E-state index contributed by atoms with van der Waals surface area (Å²) < 4.78 is 21.6. The maximum absolute atomic E-state index is 10.8. The van der Waals surface area contributed by atoms with E-state index in [0.29, 0.717) is 0 Å². The van der Waals surface area contributed by atoms with E-state index in [2.05, 4.69) is 0 Å². The van der Waals surface area contributed by atoms with Crippen molar-refractivity contribution in [2.75, 3.05) is 0 Å². The Bertz CT molecular complexity index is 207. The summed E-state index contributed by atoms with van der Waals surface area (Å²) in [6.07, 6.45) is 2.78. The second-order valence-corrected chi connectivity index (χ2v) is 4.17. The van der Waals surface area contributed by atoms with Gasteiger partial charge in [-0.15, -0.1) is 0 Å². The Balaban J connectivity index is 3.04. The van der Waals surface area contributed by atoms with Crippen LogP contribution in [-0.4, -0.2) is 18.9 Å². The van der Waals surface area contributed by atoms with Gasteiger partial charge < -0.3 is 0 Å². The zero-order valence-corrected chi connectivity index (χ0v) is 5.51. The van der Waals surface area contributed by atoms with Crippen LogP contribution in [0.2, 0.25) is 0 Å². The van der Waals surface area contributed by atoms with Gasteiger partial charge in [-0.2, -0.15) is 0 Å². The minimum atomic E-state index is -3.26. The van der Waals surface area contributed by atoms with E-state index < -0.39 is 20.3 Å². The molecule has 0 aliphatic carbocycles. The molecule has 3 heteroatoms. The van der Waals surface area contributed by atoms with Gasteiger partial charge in [-0.3, -0.25) is 0 Å². The van der Waals surface area contributed by atoms with Crippen LogP contribution < -0.4 is 0 Å². The Morgan fingerprint density at radius 3 is 1.56 bits per heavy atom. The first-order valence-corrected chi connectivity index (χ1v) is 4.08. The van der Waals surface area contributed by atoms with Gasteiger partial charge in [0, 0.05) is 0 Å². The van der Waals surface area contributed by atoms with E-state index >= 15 is 0 Å². The Morgan fingerprint density at radius 1 is 1.11 bits per heavy atom. The predicted molar refractivity (Wildman–Crippen MR) is 34.2 cm³/mol. The first-order chi connectivity index (χ1) is 4.05. The minimum absolute atomic E-state index is 0.896. The van der Waals surface area contributed by atoms with E-state index in [-0.39, 0.29) is 0 Å². The highest BCUT2D eigenvalue weighted by atomic mass is 32.2. The van der Waals surface area contributed by atoms with Gasteiger partial charge in [0.2, 0.25) is 0 Å². The van der Waals surface area contributed by atoms with Gasteiger partial charge in [0.15, 0.2) is 9.84 Å². The molecule has 0 aromatic carbocycles. The molecule has 0 amide bonds. The lowest BCUT2D eigenvalue weighted by Crippen LogP contribution is -2.19. The van der Waals surface area contributed by atoms with E-state index in [9.17, 15) is 8.42 Å². The Hall–Kier alpha value is -0.310. The van der Waals surface area contributed by atoms with Crippen molar-refractivity contribution in [2.24, 2.45) is 0 Å². The third-order valence-corrected chi connectivity index (χ3v) is 3.08. The Kier molecular flexibility index (Phi) is 1.39. The summed E-state index contributed by atoms with van der Waals surface area (Å²) in [5, 5.41) is -1.79. The summed E-state index contributed by atoms with van der Waals surface area (Å²) in [4.78, 5) is 0. The number of hydrogen-bond donors (Lipinski definition) is 0. The molecule has 1 aliphatic rings. The smallest absolute Gasteiger partial charge is 0.163 e. The summed E-state index contributed by atoms with van der Waals surface area (Å²) in [5.74, 6) is 0. The zero-order valence-electron chi connectivity index (χ0n) is 4.69. The van der Waals surface area contributed by atoms with Crippen molar-refractivity contribution in [2.45, 2.75) is 10.5 Å². The van der Waals surface area contributed by atoms with E-state index in [4.69, 9.17) is 13.8 Å². The highest BCUT2D eigenvalue weighted by molar-refractivity contribution is 7.93. The van der Waals surface area contributed by atoms with Gasteiger partial charge in [-0.05, 0) is 13.8 Å². The van der Waals surface area contributed by atoms with Crippen LogP contribution in [-0.2, 0) is 9.84 Å². The van der Waals surface area contributed by atoms with Gasteiger partial charge in [0.1, 0.15) is 0 Å². The molecule has 48 valence electrons. The summed E-state index contributed by atoms with van der Waals surface area (Å²) in [7, 11) is -3.26. The molecule has 2 unspecified atom stereocenters. The van der Waals surface area contributed by atoms with Crippen molar-refractivity contribution in [3.05, 3.63) is 26.0 Å². The van der Waals surface area contributed by atoms with Crippen LogP contribution in [0.25, 0.3) is 0 Å². The molecule has 0 N–H and O–H groups in total. The number of hydrogen-bond acceptors (Lipinski definition) is 2. The molecule has 1 rings (SSSR count). The third kappa shape index (κ3) is 0.894. The lowest BCUT2D eigenvalue weighted by Gasteiger charge is -2.02. The van der Waals surface area contributed by atoms with Crippen LogP contribution in [0.4, 0.5) is 0 Å². The van der Waals surface area contributed by atoms with Gasteiger partial charge in [-0.1, -0.05) is 12.2 Å². The lowest BCUT2D eigenvalue weighted by atomic mass is 10.4. The highest BCUT2D eigenvalue weighted by Crippen LogP contribution is 2.17. The normalized spacial score (nSPS) is 39.3. The molecule has 0 aromatic heterocycles. The quantitative estimate of drug-likeness (QED) is 0.450. The maximum atomic E-state index is 10.8. The summed E-state index contributed by atoms with van der Waals surface area (Å²) in [6.45, 7) is 10.3. The standard InChI is InChI=1S/C6H6O2S/c1-5-3-4-6(2)9(5,7)8/h1-6H. The van der Waals surface area contributed by atoms with Crippen LogP contribution >= 0.6 is 0 Å². The van der Waals surface area contributed by atoms with Gasteiger partial charge in [-0.25, -0.2) is 8.42 Å². The average molecular weight is 142 g/mol. The number of rotatable bonds is 0. The maximum Gasteiger partial charge on any atom is 0.163 e. The fourth-order valence-electron chi connectivity index (χ4n) is 0.619. The topological polar surface area (TPSA) is 34.1 Å². The predicted octanol–water partition coefficient (Wildman–Crippen LogP) is 0.130. The molecule has 9 heavy (non-hydrogen) atoms. The minimum Gasteiger partial charge on any atom is -0.228 e. The SMILES string of the molecule is [CH]C1C=CC([CH])S1(=O)=O. The first-order valence-electron chi connectivity index (χ1n) is 2.47. The summed E-state index contributed by atoms with van der Waals surface area (Å²) in [5.41, 5.74) is 0. The molecular formula is C6H6O2S. The van der Waals surface area contributed by atoms with Crippen molar-refractivity contribution in [1.82, 2.24) is 0 Å². The molecular weight excluding hydrogens is 136 g/mol. The average Bonchev–Trinajstić information content (AvgIpc) is 1.96. The van der Waals surface area contributed by atoms with Crippen molar-refractivity contribution in [1.29, 1.82) is 0 Å². The second-order valence-electron chi connectivity index (χ2n) is 1.90. The molecule has 4 radical (unpaired) electrons. The molecule has 1 aliphatic heterocycles. The van der Waals surface area contributed by atoms with Crippen LogP contribution in [0.1, 0.15) is 0 Å². The first kappa shape index (κ1) is 6.81. The molecule has 0 saturated heterocycles. The fourth-order valence-corrected chi connectivity index (χ4v) is 1.60. The molecule has 0 aromatic rings. The summed E-state index contributed by atoms with van der Waals surface area (Å²) >= 11 is 0. The van der Waals surface area contributed by atoms with Crippen molar-refractivity contribution in [3.8, 4) is 0 Å². The Morgan fingerprint density at radius 2 is 1.44 bits per heavy atom. The van der Waals surface area contributed by atoms with Crippen LogP contribution in [0.3, 0.4) is 0 Å². The van der Waals surface area contributed by atoms with Crippen molar-refractivity contribution in [3.63, 3.8) is 0 Å². The third-order valence-electron chi connectivity index (χ3n) is 1.25. The van der Waals surface area contributed by atoms with E-state index in [1.807, 2.05) is 0 Å². The molecule has 0 fully saturated rings. The van der Waals surface area contributed by atoms with Crippen LogP contribution in [0, 0.1) is 13.8 Å².